The lowest BCUT2D eigenvalue weighted by Gasteiger charge is -2.06. The van der Waals surface area contributed by atoms with Gasteiger partial charge >= 0.3 is 0 Å². The molecule has 0 bridgehead atoms. The molecule has 3 heteroatoms. The van der Waals surface area contributed by atoms with Crippen LogP contribution in [0.15, 0.2) is 54.6 Å². The van der Waals surface area contributed by atoms with E-state index in [0.717, 1.165) is 22.2 Å². The number of rotatable bonds is 4. The second kappa shape index (κ2) is 6.31. The molecule has 0 aliphatic heterocycles. The molecule has 3 nitrogen and oxygen atoms in total. The fourth-order valence-electron chi connectivity index (χ4n) is 2.26. The third kappa shape index (κ3) is 3.09. The Bertz CT molecular complexity index is 825. The first-order chi connectivity index (χ1) is 10.8. The van der Waals surface area contributed by atoms with Gasteiger partial charge in [-0.15, -0.1) is 0 Å². The third-order valence-electron chi connectivity index (χ3n) is 3.35. The molecule has 3 rings (SSSR count). The molecule has 0 saturated carbocycles. The summed E-state index contributed by atoms with van der Waals surface area (Å²) < 4.78 is 5.39. The minimum Gasteiger partial charge on any atom is -0.504 e. The van der Waals surface area contributed by atoms with Crippen LogP contribution in [-0.4, -0.2) is 16.7 Å². The van der Waals surface area contributed by atoms with E-state index in [1.165, 1.54) is 0 Å². The number of benzene rings is 2. The van der Waals surface area contributed by atoms with Gasteiger partial charge in [-0.3, -0.25) is 0 Å². The number of aromatic nitrogens is 1. The minimum atomic E-state index is 0.155. The van der Waals surface area contributed by atoms with Crippen LogP contribution >= 0.6 is 0 Å². The Hall–Kier alpha value is -2.81. The van der Waals surface area contributed by atoms with Crippen LogP contribution < -0.4 is 4.74 Å². The number of fused-ring (bicyclic) bond motifs is 1. The summed E-state index contributed by atoms with van der Waals surface area (Å²) in [6.45, 7) is 2.41. The number of phenolic OH excluding ortho intramolecular Hbond substituents is 1. The van der Waals surface area contributed by atoms with E-state index in [2.05, 4.69) is 11.1 Å². The van der Waals surface area contributed by atoms with E-state index in [-0.39, 0.29) is 5.75 Å². The molecular weight excluding hydrogens is 274 g/mol. The highest BCUT2D eigenvalue weighted by Crippen LogP contribution is 2.27. The number of hydrogen-bond acceptors (Lipinski definition) is 3. The second-order valence-corrected chi connectivity index (χ2v) is 4.92. The number of hydrogen-bond donors (Lipinski definition) is 1. The predicted molar refractivity (Wildman–Crippen MR) is 89.9 cm³/mol. The van der Waals surface area contributed by atoms with Crippen LogP contribution in [0, 0.1) is 0 Å². The van der Waals surface area contributed by atoms with E-state index in [9.17, 15) is 5.11 Å². The lowest BCUT2D eigenvalue weighted by Crippen LogP contribution is -1.92. The maximum Gasteiger partial charge on any atom is 0.161 e. The molecule has 110 valence electrons. The molecule has 0 radical (unpaired) electrons. The van der Waals surface area contributed by atoms with E-state index < -0.39 is 0 Å². The van der Waals surface area contributed by atoms with Gasteiger partial charge in [-0.1, -0.05) is 36.4 Å². The smallest absolute Gasteiger partial charge is 0.161 e. The Labute approximate surface area is 129 Å². The van der Waals surface area contributed by atoms with Gasteiger partial charge < -0.3 is 9.84 Å². The summed E-state index contributed by atoms with van der Waals surface area (Å²) >= 11 is 0. The Kier molecular flexibility index (Phi) is 4.05. The lowest BCUT2D eigenvalue weighted by atomic mass is 10.1. The van der Waals surface area contributed by atoms with Crippen LogP contribution in [0.5, 0.6) is 11.5 Å². The number of para-hydroxylation sites is 1. The Balaban J connectivity index is 1.87. The zero-order valence-corrected chi connectivity index (χ0v) is 12.4. The number of ether oxygens (including phenoxy) is 1. The van der Waals surface area contributed by atoms with Crippen molar-refractivity contribution in [1.82, 2.24) is 4.98 Å². The summed E-state index contributed by atoms with van der Waals surface area (Å²) in [6, 6.07) is 17.4. The topological polar surface area (TPSA) is 42.4 Å². The van der Waals surface area contributed by atoms with E-state index in [0.29, 0.717) is 12.4 Å². The summed E-state index contributed by atoms with van der Waals surface area (Å²) in [4.78, 5) is 4.60. The molecule has 1 aromatic heterocycles. The molecule has 1 heterocycles. The van der Waals surface area contributed by atoms with Gasteiger partial charge in [-0.05, 0) is 42.8 Å². The number of aromatic hydroxyl groups is 1. The van der Waals surface area contributed by atoms with Crippen molar-refractivity contribution < 1.29 is 9.84 Å². The zero-order valence-electron chi connectivity index (χ0n) is 12.4. The van der Waals surface area contributed by atoms with Crippen molar-refractivity contribution in [2.75, 3.05) is 6.61 Å². The zero-order chi connectivity index (χ0) is 15.4. The normalized spacial score (nSPS) is 11.1. The quantitative estimate of drug-likeness (QED) is 0.769. The Morgan fingerprint density at radius 1 is 1.05 bits per heavy atom. The number of phenols is 1. The first-order valence-electron chi connectivity index (χ1n) is 7.26. The van der Waals surface area contributed by atoms with Crippen molar-refractivity contribution in [3.63, 3.8) is 0 Å². The van der Waals surface area contributed by atoms with Gasteiger partial charge in [-0.2, -0.15) is 0 Å². The van der Waals surface area contributed by atoms with Gasteiger partial charge in [0.25, 0.3) is 0 Å². The highest BCUT2D eigenvalue weighted by atomic mass is 16.5. The second-order valence-electron chi connectivity index (χ2n) is 4.92. The average Bonchev–Trinajstić information content (AvgIpc) is 2.55. The average molecular weight is 291 g/mol. The summed E-state index contributed by atoms with van der Waals surface area (Å²) in [5.41, 5.74) is 2.83. The molecule has 1 N–H and O–H groups in total. The van der Waals surface area contributed by atoms with Gasteiger partial charge in [0.15, 0.2) is 11.5 Å². The molecule has 0 aliphatic carbocycles. The van der Waals surface area contributed by atoms with Crippen LogP contribution in [-0.2, 0) is 0 Å². The summed E-state index contributed by atoms with van der Waals surface area (Å²) in [5.74, 6) is 0.652. The molecule has 0 unspecified atom stereocenters. The van der Waals surface area contributed by atoms with E-state index in [1.54, 1.807) is 6.07 Å². The SMILES string of the molecule is CCOc1cc(/C=C/c2ccc3ccccc3n2)ccc1O. The maximum absolute atomic E-state index is 9.71. The molecule has 0 fully saturated rings. The van der Waals surface area contributed by atoms with E-state index in [4.69, 9.17) is 4.74 Å². The molecule has 0 spiro atoms. The lowest BCUT2D eigenvalue weighted by molar-refractivity contribution is 0.318. The maximum atomic E-state index is 9.71. The third-order valence-corrected chi connectivity index (χ3v) is 3.35. The molecule has 0 saturated heterocycles. The summed E-state index contributed by atoms with van der Waals surface area (Å²) in [5, 5.41) is 10.8. The van der Waals surface area contributed by atoms with Crippen molar-refractivity contribution in [2.24, 2.45) is 0 Å². The highest BCUT2D eigenvalue weighted by molar-refractivity contribution is 5.80. The number of nitrogens with zero attached hydrogens (tertiary/aromatic N) is 1. The highest BCUT2D eigenvalue weighted by Gasteiger charge is 2.01. The molecule has 2 aromatic carbocycles. The van der Waals surface area contributed by atoms with Crippen molar-refractivity contribution >= 4 is 23.1 Å². The molecule has 3 aromatic rings. The standard InChI is InChI=1S/C19H17NO2/c1-2-22-19-13-14(8-12-18(19)21)7-10-16-11-9-15-5-3-4-6-17(15)20-16/h3-13,21H,2H2,1H3/b10-7+. The largest absolute Gasteiger partial charge is 0.504 e. The van der Waals surface area contributed by atoms with Gasteiger partial charge in [0.1, 0.15) is 0 Å². The van der Waals surface area contributed by atoms with Crippen LogP contribution in [0.3, 0.4) is 0 Å². The predicted octanol–water partition coefficient (Wildman–Crippen LogP) is 4.51. The first kappa shape index (κ1) is 14.1. The van der Waals surface area contributed by atoms with Crippen LogP contribution in [0.1, 0.15) is 18.2 Å². The monoisotopic (exact) mass is 291 g/mol. The molecule has 0 atom stereocenters. The van der Waals surface area contributed by atoms with Crippen molar-refractivity contribution in [2.45, 2.75) is 6.92 Å². The molecule has 0 amide bonds. The van der Waals surface area contributed by atoms with Crippen molar-refractivity contribution in [1.29, 1.82) is 0 Å². The van der Waals surface area contributed by atoms with Gasteiger partial charge in [0.05, 0.1) is 17.8 Å². The van der Waals surface area contributed by atoms with Gasteiger partial charge in [0.2, 0.25) is 0 Å². The van der Waals surface area contributed by atoms with E-state index >= 15 is 0 Å². The summed E-state index contributed by atoms with van der Waals surface area (Å²) in [6.07, 6.45) is 3.91. The first-order valence-corrected chi connectivity index (χ1v) is 7.26. The Morgan fingerprint density at radius 2 is 1.91 bits per heavy atom. The molecule has 22 heavy (non-hydrogen) atoms. The fraction of sp³-hybridized carbons (Fsp3) is 0.105. The van der Waals surface area contributed by atoms with Gasteiger partial charge in [0, 0.05) is 5.39 Å². The Morgan fingerprint density at radius 3 is 2.77 bits per heavy atom. The minimum absolute atomic E-state index is 0.155. The molecule has 0 aliphatic rings. The van der Waals surface area contributed by atoms with Crippen LogP contribution in [0.4, 0.5) is 0 Å². The van der Waals surface area contributed by atoms with Crippen LogP contribution in [0.2, 0.25) is 0 Å². The summed E-state index contributed by atoms with van der Waals surface area (Å²) in [7, 11) is 0. The van der Waals surface area contributed by atoms with Gasteiger partial charge in [-0.25, -0.2) is 4.98 Å². The fourth-order valence-corrected chi connectivity index (χ4v) is 2.26. The van der Waals surface area contributed by atoms with Crippen molar-refractivity contribution in [3.8, 4) is 11.5 Å². The van der Waals surface area contributed by atoms with E-state index in [1.807, 2.05) is 61.5 Å². The van der Waals surface area contributed by atoms with Crippen molar-refractivity contribution in [3.05, 3.63) is 65.9 Å². The molecular formula is C19H17NO2. The number of pyridine rings is 1. The van der Waals surface area contributed by atoms with Crippen LogP contribution in [0.25, 0.3) is 23.1 Å².